The number of nitrogens with zero attached hydrogens (tertiary/aromatic N) is 5. The molecule has 10 nitrogen and oxygen atoms in total. The first-order valence-corrected chi connectivity index (χ1v) is 17.5. The first-order valence-electron chi connectivity index (χ1n) is 17.5. The standard InChI is InChI=1S/C37H53N5O5/c1-24-11-12-27-22-41(29-13-14-29)23-28-21-31-38-26(3)32(33(35(43)44)47-36(4,5)6)34(42(31)39-28)40-17-15-37(7,16-18-40)45-19-9-8-10-25(2)46-30(27)20-24/h11-12,20-21,25,29,33H,8-10,13-19,22-23H2,1-7H3,(H,43,44). The highest BCUT2D eigenvalue weighted by Crippen LogP contribution is 2.39. The summed E-state index contributed by atoms with van der Waals surface area (Å²) >= 11 is 0. The van der Waals surface area contributed by atoms with Gasteiger partial charge < -0.3 is 24.2 Å². The molecule has 2 aromatic heterocycles. The van der Waals surface area contributed by atoms with Crippen LogP contribution in [0.3, 0.4) is 0 Å². The van der Waals surface area contributed by atoms with Gasteiger partial charge in [-0.15, -0.1) is 0 Å². The maximum Gasteiger partial charge on any atom is 0.337 e. The van der Waals surface area contributed by atoms with Gasteiger partial charge in [-0.25, -0.2) is 9.78 Å². The van der Waals surface area contributed by atoms with Crippen LogP contribution in [-0.2, 0) is 27.4 Å². The highest BCUT2D eigenvalue weighted by atomic mass is 16.5. The lowest BCUT2D eigenvalue weighted by Crippen LogP contribution is -2.46. The van der Waals surface area contributed by atoms with Crippen LogP contribution < -0.4 is 9.64 Å². The van der Waals surface area contributed by atoms with Crippen LogP contribution in [0.5, 0.6) is 5.75 Å². The third kappa shape index (κ3) is 7.92. The highest BCUT2D eigenvalue weighted by Gasteiger charge is 2.38. The molecule has 1 aliphatic carbocycles. The zero-order valence-electron chi connectivity index (χ0n) is 29.3. The molecule has 2 atom stereocenters. The Morgan fingerprint density at radius 1 is 1.09 bits per heavy atom. The molecule has 256 valence electrons. The maximum absolute atomic E-state index is 12.8. The number of carboxylic acid groups (broad SMARTS) is 1. The molecular formula is C37H53N5O5. The van der Waals surface area contributed by atoms with Gasteiger partial charge in [-0.3, -0.25) is 4.90 Å². The van der Waals surface area contributed by atoms with Gasteiger partial charge >= 0.3 is 5.97 Å². The number of piperidine rings is 1. The summed E-state index contributed by atoms with van der Waals surface area (Å²) in [5, 5.41) is 15.6. The second kappa shape index (κ2) is 13.4. The summed E-state index contributed by atoms with van der Waals surface area (Å²) in [4.78, 5) is 22.5. The fraction of sp³-hybridized carbons (Fsp3) is 0.649. The fourth-order valence-electron chi connectivity index (χ4n) is 6.98. The second-order valence-corrected chi connectivity index (χ2v) is 15.2. The summed E-state index contributed by atoms with van der Waals surface area (Å²) in [6.45, 7) is 17.6. The molecule has 7 rings (SSSR count). The van der Waals surface area contributed by atoms with Crippen molar-refractivity contribution >= 4 is 17.4 Å². The van der Waals surface area contributed by atoms with E-state index in [1.807, 2.05) is 32.2 Å². The maximum atomic E-state index is 12.8. The number of rotatable bonds is 4. The molecule has 5 heterocycles. The van der Waals surface area contributed by atoms with Crippen molar-refractivity contribution in [1.82, 2.24) is 19.5 Å². The molecule has 2 unspecified atom stereocenters. The van der Waals surface area contributed by atoms with Gasteiger partial charge in [0, 0.05) is 56.2 Å². The fourth-order valence-corrected chi connectivity index (χ4v) is 6.98. The Kier molecular flexibility index (Phi) is 9.57. The third-order valence-corrected chi connectivity index (χ3v) is 9.74. The molecule has 2 fully saturated rings. The van der Waals surface area contributed by atoms with Crippen molar-refractivity contribution in [3.63, 3.8) is 0 Å². The van der Waals surface area contributed by atoms with Crippen LogP contribution in [0.25, 0.3) is 5.65 Å². The van der Waals surface area contributed by atoms with Crippen LogP contribution in [0.4, 0.5) is 5.82 Å². The summed E-state index contributed by atoms with van der Waals surface area (Å²) in [7, 11) is 0. The number of carboxylic acids is 1. The predicted molar refractivity (Wildman–Crippen MR) is 182 cm³/mol. The number of carbonyl (C=O) groups is 1. The van der Waals surface area contributed by atoms with Crippen molar-refractivity contribution in [2.45, 2.75) is 136 Å². The molecule has 1 aromatic carbocycles. The Morgan fingerprint density at radius 3 is 2.51 bits per heavy atom. The van der Waals surface area contributed by atoms with Gasteiger partial charge in [-0.1, -0.05) is 12.1 Å². The summed E-state index contributed by atoms with van der Waals surface area (Å²) < 4.78 is 21.2. The van der Waals surface area contributed by atoms with Gasteiger partial charge in [-0.05, 0) is 105 Å². The smallest absolute Gasteiger partial charge is 0.337 e. The van der Waals surface area contributed by atoms with Crippen molar-refractivity contribution in [2.24, 2.45) is 0 Å². The van der Waals surface area contributed by atoms with Gasteiger partial charge in [0.05, 0.1) is 28.6 Å². The number of fused-ring (bicyclic) bond motifs is 10. The molecule has 3 aliphatic heterocycles. The minimum atomic E-state index is -1.19. The predicted octanol–water partition coefficient (Wildman–Crippen LogP) is 6.78. The van der Waals surface area contributed by atoms with E-state index in [0.717, 1.165) is 74.4 Å². The van der Waals surface area contributed by atoms with E-state index in [-0.39, 0.29) is 11.7 Å². The van der Waals surface area contributed by atoms with E-state index in [1.165, 1.54) is 11.1 Å². The Labute approximate surface area is 279 Å². The molecule has 1 N–H and O–H groups in total. The van der Waals surface area contributed by atoms with Crippen LogP contribution in [0, 0.1) is 13.8 Å². The average molecular weight is 648 g/mol. The molecule has 3 aromatic rings. The SMILES string of the molecule is Cc1ccc2c(c1)OC(C)CCCCOC1(C)CCN(CC1)c1c(C(OC(C)(C)C)C(=O)O)c(C)nc3cc(nn13)CN(C1CC1)C2. The van der Waals surface area contributed by atoms with Gasteiger partial charge in [0.15, 0.2) is 11.8 Å². The lowest BCUT2D eigenvalue weighted by molar-refractivity contribution is -0.160. The Morgan fingerprint density at radius 2 is 1.83 bits per heavy atom. The van der Waals surface area contributed by atoms with Gasteiger partial charge in [0.2, 0.25) is 0 Å². The van der Waals surface area contributed by atoms with Crippen LogP contribution in [-0.4, -0.2) is 73.6 Å². The topological polar surface area (TPSA) is 102 Å². The number of hydrogen-bond acceptors (Lipinski definition) is 8. The minimum absolute atomic E-state index is 0.117. The Balaban J connectivity index is 1.44. The highest BCUT2D eigenvalue weighted by molar-refractivity contribution is 5.78. The number of benzene rings is 1. The molecule has 1 saturated carbocycles. The van der Waals surface area contributed by atoms with E-state index in [4.69, 9.17) is 24.3 Å². The number of aryl methyl sites for hydroxylation is 2. The lowest BCUT2D eigenvalue weighted by Gasteiger charge is -2.41. The Hall–Kier alpha value is -3.21. The van der Waals surface area contributed by atoms with E-state index < -0.39 is 17.7 Å². The molecule has 10 heteroatoms. The molecular weight excluding hydrogens is 594 g/mol. The average Bonchev–Trinajstić information content (AvgIpc) is 3.76. The number of hydrogen-bond donors (Lipinski definition) is 1. The molecule has 4 bridgehead atoms. The van der Waals surface area contributed by atoms with Gasteiger partial charge in [0.1, 0.15) is 11.6 Å². The van der Waals surface area contributed by atoms with E-state index in [9.17, 15) is 9.90 Å². The number of aromatic nitrogens is 3. The summed E-state index contributed by atoms with van der Waals surface area (Å²) in [5.74, 6) is 0.687. The largest absolute Gasteiger partial charge is 0.490 e. The van der Waals surface area contributed by atoms with Crippen molar-refractivity contribution < 1.29 is 24.1 Å². The first kappa shape index (κ1) is 33.7. The van der Waals surface area contributed by atoms with E-state index in [1.54, 1.807) is 0 Å². The normalized spacial score (nSPS) is 24.2. The second-order valence-electron chi connectivity index (χ2n) is 15.2. The van der Waals surface area contributed by atoms with Gasteiger partial charge in [-0.2, -0.15) is 9.61 Å². The van der Waals surface area contributed by atoms with Crippen LogP contribution in [0.15, 0.2) is 24.3 Å². The molecule has 4 aliphatic rings. The van der Waals surface area contributed by atoms with Crippen LogP contribution >= 0.6 is 0 Å². The monoisotopic (exact) mass is 647 g/mol. The third-order valence-electron chi connectivity index (χ3n) is 9.74. The van der Waals surface area contributed by atoms with Crippen LogP contribution in [0.1, 0.15) is 114 Å². The van der Waals surface area contributed by atoms with E-state index in [2.05, 4.69) is 54.8 Å². The first-order chi connectivity index (χ1) is 22.3. The van der Waals surface area contributed by atoms with E-state index >= 15 is 0 Å². The van der Waals surface area contributed by atoms with Crippen LogP contribution in [0.2, 0.25) is 0 Å². The molecule has 47 heavy (non-hydrogen) atoms. The van der Waals surface area contributed by atoms with Crippen molar-refractivity contribution in [1.29, 1.82) is 0 Å². The van der Waals surface area contributed by atoms with Crippen molar-refractivity contribution in [3.05, 3.63) is 52.3 Å². The lowest BCUT2D eigenvalue weighted by atomic mass is 9.92. The quantitative estimate of drug-likeness (QED) is 0.328. The summed E-state index contributed by atoms with van der Waals surface area (Å²) in [5.41, 5.74) is 4.30. The van der Waals surface area contributed by atoms with E-state index in [0.29, 0.717) is 43.5 Å². The molecule has 0 amide bonds. The van der Waals surface area contributed by atoms with Gasteiger partial charge in [0.25, 0.3) is 0 Å². The molecule has 1 saturated heterocycles. The minimum Gasteiger partial charge on any atom is -0.490 e. The number of anilines is 1. The summed E-state index contributed by atoms with van der Waals surface area (Å²) in [6, 6.07) is 9.09. The zero-order valence-corrected chi connectivity index (χ0v) is 29.3. The molecule has 0 radical (unpaired) electrons. The zero-order chi connectivity index (χ0) is 33.5. The summed E-state index contributed by atoms with van der Waals surface area (Å²) in [6.07, 6.45) is 5.92. The molecule has 0 spiro atoms. The number of ether oxygens (including phenoxy) is 3. The Bertz CT molecular complexity index is 1580. The van der Waals surface area contributed by atoms with Crippen molar-refractivity contribution in [2.75, 3.05) is 24.6 Å². The van der Waals surface area contributed by atoms with Crippen molar-refractivity contribution in [3.8, 4) is 5.75 Å². The number of aliphatic carboxylic acids is 1.